The third-order valence-corrected chi connectivity index (χ3v) is 4.43. The van der Waals surface area contributed by atoms with E-state index < -0.39 is 0 Å². The molecule has 0 bridgehead atoms. The summed E-state index contributed by atoms with van der Waals surface area (Å²) in [6.45, 7) is 3.49. The molecule has 0 saturated heterocycles. The molecule has 1 aromatic carbocycles. The number of pyridine rings is 1. The van der Waals surface area contributed by atoms with E-state index in [4.69, 9.17) is 5.73 Å². The van der Waals surface area contributed by atoms with Crippen LogP contribution in [0.4, 0.5) is 5.69 Å². The fourth-order valence-electron chi connectivity index (χ4n) is 1.99. The Balaban J connectivity index is 2.12. The van der Waals surface area contributed by atoms with Gasteiger partial charge in [0, 0.05) is 35.9 Å². The van der Waals surface area contributed by atoms with Gasteiger partial charge in [0.1, 0.15) is 0 Å². The average molecular weight is 301 g/mol. The number of nitrogens with zero attached hydrogens (tertiary/aromatic N) is 1. The number of amides is 1. The van der Waals surface area contributed by atoms with Crippen LogP contribution in [0.15, 0.2) is 53.7 Å². The number of anilines is 1. The Bertz CT molecular complexity index is 584. The van der Waals surface area contributed by atoms with Crippen molar-refractivity contribution in [2.45, 2.75) is 30.0 Å². The number of thioether (sulfide) groups is 1. The Morgan fingerprint density at radius 2 is 2.00 bits per heavy atom. The lowest BCUT2D eigenvalue weighted by Crippen LogP contribution is -2.22. The molecule has 0 spiro atoms. The molecule has 110 valence electrons. The highest BCUT2D eigenvalue weighted by Gasteiger charge is 2.17. The molecule has 4 nitrogen and oxygen atoms in total. The van der Waals surface area contributed by atoms with E-state index in [1.165, 1.54) is 6.92 Å². The van der Waals surface area contributed by atoms with Gasteiger partial charge < -0.3 is 11.1 Å². The molecule has 0 radical (unpaired) electrons. The molecule has 2 rings (SSSR count). The zero-order valence-electron chi connectivity index (χ0n) is 12.1. The number of rotatable bonds is 5. The Morgan fingerprint density at radius 3 is 2.52 bits per heavy atom. The highest BCUT2D eigenvalue weighted by Crippen LogP contribution is 2.37. The van der Waals surface area contributed by atoms with E-state index in [0.29, 0.717) is 0 Å². The van der Waals surface area contributed by atoms with Crippen molar-refractivity contribution in [1.29, 1.82) is 0 Å². The quantitative estimate of drug-likeness (QED) is 0.832. The van der Waals surface area contributed by atoms with Crippen molar-refractivity contribution in [2.75, 3.05) is 5.32 Å². The minimum Gasteiger partial charge on any atom is -0.327 e. The van der Waals surface area contributed by atoms with Gasteiger partial charge in [0.2, 0.25) is 5.91 Å². The number of hydrogen-bond donors (Lipinski definition) is 2. The van der Waals surface area contributed by atoms with Crippen LogP contribution in [0, 0.1) is 0 Å². The van der Waals surface area contributed by atoms with Crippen molar-refractivity contribution >= 4 is 23.4 Å². The summed E-state index contributed by atoms with van der Waals surface area (Å²) in [5.74, 6) is -0.0702. The predicted octanol–water partition coefficient (Wildman–Crippen LogP) is 3.22. The van der Waals surface area contributed by atoms with Crippen LogP contribution in [0.25, 0.3) is 0 Å². The monoisotopic (exact) mass is 301 g/mol. The lowest BCUT2D eigenvalue weighted by molar-refractivity contribution is -0.114. The van der Waals surface area contributed by atoms with Gasteiger partial charge in [0.25, 0.3) is 0 Å². The maximum Gasteiger partial charge on any atom is 0.221 e. The number of carbonyl (C=O) groups excluding carboxylic acids is 1. The highest BCUT2D eigenvalue weighted by atomic mass is 32.2. The van der Waals surface area contributed by atoms with E-state index >= 15 is 0 Å². The van der Waals surface area contributed by atoms with Gasteiger partial charge in [0.05, 0.1) is 5.25 Å². The van der Waals surface area contributed by atoms with Crippen LogP contribution in [0.3, 0.4) is 0 Å². The summed E-state index contributed by atoms with van der Waals surface area (Å²) in [6.07, 6.45) is 3.61. The van der Waals surface area contributed by atoms with E-state index in [-0.39, 0.29) is 17.2 Å². The summed E-state index contributed by atoms with van der Waals surface area (Å²) in [7, 11) is 0. The van der Waals surface area contributed by atoms with E-state index in [1.807, 2.05) is 49.5 Å². The van der Waals surface area contributed by atoms with Crippen molar-refractivity contribution < 1.29 is 4.79 Å². The van der Waals surface area contributed by atoms with Gasteiger partial charge in [0.15, 0.2) is 0 Å². The molecule has 2 atom stereocenters. The normalized spacial score (nSPS) is 13.5. The second-order valence-corrected chi connectivity index (χ2v) is 6.10. The Kier molecular flexibility index (Phi) is 5.36. The Hall–Kier alpha value is -1.85. The predicted molar refractivity (Wildman–Crippen MR) is 87.2 cm³/mol. The van der Waals surface area contributed by atoms with Gasteiger partial charge in [-0.05, 0) is 42.8 Å². The molecule has 0 aliphatic rings. The minimum absolute atomic E-state index is 0.00854. The molecule has 3 N–H and O–H groups in total. The first-order chi connectivity index (χ1) is 10.1. The third kappa shape index (κ3) is 4.58. The summed E-state index contributed by atoms with van der Waals surface area (Å²) < 4.78 is 0. The standard InChI is InChI=1S/C16H19N3OS/c1-11(17)16(13-4-3-9-18-10-13)21-15-7-5-14(6-8-15)19-12(2)20/h3-11,16H,17H2,1-2H3,(H,19,20). The Morgan fingerprint density at radius 1 is 1.29 bits per heavy atom. The van der Waals surface area contributed by atoms with Crippen molar-refractivity contribution in [2.24, 2.45) is 5.73 Å². The van der Waals surface area contributed by atoms with Gasteiger partial charge in [-0.1, -0.05) is 6.07 Å². The molecular formula is C16H19N3OS. The molecule has 5 heteroatoms. The summed E-state index contributed by atoms with van der Waals surface area (Å²) in [4.78, 5) is 16.3. The van der Waals surface area contributed by atoms with Crippen LogP contribution in [0.5, 0.6) is 0 Å². The number of benzene rings is 1. The number of carbonyl (C=O) groups is 1. The van der Waals surface area contributed by atoms with E-state index in [0.717, 1.165) is 16.1 Å². The molecule has 2 aromatic rings. The van der Waals surface area contributed by atoms with Crippen LogP contribution in [-0.4, -0.2) is 16.9 Å². The third-order valence-electron chi connectivity index (χ3n) is 2.93. The van der Waals surface area contributed by atoms with Gasteiger partial charge in [-0.25, -0.2) is 0 Å². The molecule has 0 fully saturated rings. The topological polar surface area (TPSA) is 68.0 Å². The van der Waals surface area contributed by atoms with Crippen molar-refractivity contribution in [3.05, 3.63) is 54.4 Å². The van der Waals surface area contributed by atoms with E-state index in [1.54, 1.807) is 18.0 Å². The van der Waals surface area contributed by atoms with Crippen LogP contribution in [0.2, 0.25) is 0 Å². The molecular weight excluding hydrogens is 282 g/mol. The molecule has 0 aliphatic heterocycles. The summed E-state index contributed by atoms with van der Waals surface area (Å²) >= 11 is 1.70. The SMILES string of the molecule is CC(=O)Nc1ccc(SC(c2cccnc2)C(C)N)cc1. The second-order valence-electron chi connectivity index (χ2n) is 4.89. The van der Waals surface area contributed by atoms with Crippen molar-refractivity contribution in [1.82, 2.24) is 4.98 Å². The second kappa shape index (κ2) is 7.24. The first kappa shape index (κ1) is 15.5. The fraction of sp³-hybridized carbons (Fsp3) is 0.250. The molecule has 0 aliphatic carbocycles. The summed E-state index contributed by atoms with van der Waals surface area (Å²) in [6, 6.07) is 11.7. The molecule has 21 heavy (non-hydrogen) atoms. The van der Waals surface area contributed by atoms with Crippen LogP contribution < -0.4 is 11.1 Å². The smallest absolute Gasteiger partial charge is 0.221 e. The molecule has 1 amide bonds. The first-order valence-corrected chi connectivity index (χ1v) is 7.64. The summed E-state index contributed by atoms with van der Waals surface area (Å²) in [5, 5.41) is 2.90. The number of hydrogen-bond acceptors (Lipinski definition) is 4. The molecule has 2 unspecified atom stereocenters. The van der Waals surface area contributed by atoms with Crippen LogP contribution in [-0.2, 0) is 4.79 Å². The highest BCUT2D eigenvalue weighted by molar-refractivity contribution is 7.99. The maximum atomic E-state index is 11.0. The Labute approximate surface area is 129 Å². The average Bonchev–Trinajstić information content (AvgIpc) is 2.46. The molecule has 0 saturated carbocycles. The lowest BCUT2D eigenvalue weighted by Gasteiger charge is -2.20. The van der Waals surface area contributed by atoms with E-state index in [9.17, 15) is 4.79 Å². The molecule has 1 aromatic heterocycles. The van der Waals surface area contributed by atoms with Gasteiger partial charge in [-0.2, -0.15) is 0 Å². The zero-order chi connectivity index (χ0) is 15.2. The number of nitrogens with one attached hydrogen (secondary N) is 1. The van der Waals surface area contributed by atoms with E-state index in [2.05, 4.69) is 10.3 Å². The number of aromatic nitrogens is 1. The van der Waals surface area contributed by atoms with Gasteiger partial charge >= 0.3 is 0 Å². The van der Waals surface area contributed by atoms with Crippen molar-refractivity contribution in [3.63, 3.8) is 0 Å². The lowest BCUT2D eigenvalue weighted by atomic mass is 10.1. The largest absolute Gasteiger partial charge is 0.327 e. The zero-order valence-corrected chi connectivity index (χ0v) is 12.9. The first-order valence-electron chi connectivity index (χ1n) is 6.76. The van der Waals surface area contributed by atoms with Gasteiger partial charge in [-0.3, -0.25) is 9.78 Å². The fourth-order valence-corrected chi connectivity index (χ4v) is 3.07. The van der Waals surface area contributed by atoms with Crippen LogP contribution in [0.1, 0.15) is 24.7 Å². The van der Waals surface area contributed by atoms with Crippen LogP contribution >= 0.6 is 11.8 Å². The summed E-state index contributed by atoms with van der Waals surface area (Å²) in [5.41, 5.74) is 8.02. The number of nitrogens with two attached hydrogens (primary N) is 1. The maximum absolute atomic E-state index is 11.0. The molecule has 1 heterocycles. The van der Waals surface area contributed by atoms with Gasteiger partial charge in [-0.15, -0.1) is 11.8 Å². The van der Waals surface area contributed by atoms with Crippen molar-refractivity contribution in [3.8, 4) is 0 Å². The minimum atomic E-state index is -0.0702.